The number of pyridine rings is 1. The third kappa shape index (κ3) is 2.55. The van der Waals surface area contributed by atoms with Gasteiger partial charge in [0.25, 0.3) is 0 Å². The summed E-state index contributed by atoms with van der Waals surface area (Å²) in [4.78, 5) is 6.64. The van der Waals surface area contributed by atoms with Crippen LogP contribution < -0.4 is 10.6 Å². The minimum absolute atomic E-state index is 0.0218. The van der Waals surface area contributed by atoms with E-state index in [2.05, 4.69) is 4.98 Å². The van der Waals surface area contributed by atoms with Gasteiger partial charge in [-0.1, -0.05) is 18.2 Å². The number of nitrogen functional groups attached to an aromatic ring is 1. The number of para-hydroxylation sites is 1. The van der Waals surface area contributed by atoms with Gasteiger partial charge in [-0.05, 0) is 12.1 Å². The molecule has 2 aromatic rings. The normalized spacial score (nSPS) is 18.9. The fourth-order valence-corrected chi connectivity index (χ4v) is 2.61. The molecule has 6 heteroatoms. The number of aliphatic hydroxyl groups excluding tert-OH is 1. The standard InChI is InChI=1S/C15H18N4O2/c16-14(17)12-7-10-3-1-2-4-13(10)18-15(12)19-5-6-21-9-11(19)8-20/h1-4,7,11,20H,5-6,8-9H2,(H3,16,17). The van der Waals surface area contributed by atoms with Gasteiger partial charge in [0.15, 0.2) is 0 Å². The van der Waals surface area contributed by atoms with Gasteiger partial charge in [0.2, 0.25) is 0 Å². The summed E-state index contributed by atoms with van der Waals surface area (Å²) in [6.07, 6.45) is 0. The van der Waals surface area contributed by atoms with Crippen molar-refractivity contribution in [2.45, 2.75) is 6.04 Å². The van der Waals surface area contributed by atoms with Crippen molar-refractivity contribution >= 4 is 22.6 Å². The first kappa shape index (κ1) is 13.8. The third-order valence-corrected chi connectivity index (χ3v) is 3.70. The van der Waals surface area contributed by atoms with Crippen LogP contribution in [-0.2, 0) is 4.74 Å². The van der Waals surface area contributed by atoms with E-state index in [0.717, 1.165) is 10.9 Å². The van der Waals surface area contributed by atoms with Crippen molar-refractivity contribution in [1.29, 1.82) is 5.41 Å². The molecule has 21 heavy (non-hydrogen) atoms. The van der Waals surface area contributed by atoms with Crippen LogP contribution in [-0.4, -0.2) is 48.3 Å². The van der Waals surface area contributed by atoms with Gasteiger partial charge < -0.3 is 20.5 Å². The number of hydrogen-bond acceptors (Lipinski definition) is 5. The lowest BCUT2D eigenvalue weighted by atomic mass is 10.1. The number of nitrogens with one attached hydrogen (secondary N) is 1. The molecule has 1 atom stereocenters. The van der Waals surface area contributed by atoms with E-state index in [4.69, 9.17) is 15.9 Å². The maximum atomic E-state index is 9.53. The van der Waals surface area contributed by atoms with Crippen LogP contribution in [0.15, 0.2) is 30.3 Å². The van der Waals surface area contributed by atoms with Gasteiger partial charge in [-0.2, -0.15) is 0 Å². The highest BCUT2D eigenvalue weighted by atomic mass is 16.5. The van der Waals surface area contributed by atoms with Crippen LogP contribution in [0.1, 0.15) is 5.56 Å². The Hall–Kier alpha value is -2.18. The minimum atomic E-state index is -0.162. The maximum absolute atomic E-state index is 9.53. The smallest absolute Gasteiger partial charge is 0.140 e. The Bertz CT molecular complexity index is 674. The molecular weight excluding hydrogens is 268 g/mol. The van der Waals surface area contributed by atoms with E-state index >= 15 is 0 Å². The fourth-order valence-electron chi connectivity index (χ4n) is 2.61. The molecule has 1 fully saturated rings. The number of hydrogen-bond donors (Lipinski definition) is 3. The zero-order chi connectivity index (χ0) is 14.8. The summed E-state index contributed by atoms with van der Waals surface area (Å²) >= 11 is 0. The van der Waals surface area contributed by atoms with Crippen LogP contribution in [0.5, 0.6) is 0 Å². The molecule has 1 aliphatic heterocycles. The highest BCUT2D eigenvalue weighted by Gasteiger charge is 2.26. The molecule has 1 aliphatic rings. The lowest BCUT2D eigenvalue weighted by Gasteiger charge is -2.36. The largest absolute Gasteiger partial charge is 0.394 e. The van der Waals surface area contributed by atoms with Crippen LogP contribution >= 0.6 is 0 Å². The molecule has 0 amide bonds. The Labute approximate surface area is 122 Å². The molecule has 1 aromatic heterocycles. The van der Waals surface area contributed by atoms with Crippen molar-refractivity contribution in [1.82, 2.24) is 4.98 Å². The summed E-state index contributed by atoms with van der Waals surface area (Å²) in [5.74, 6) is 0.620. The van der Waals surface area contributed by atoms with Crippen molar-refractivity contribution in [2.75, 3.05) is 31.3 Å². The number of fused-ring (bicyclic) bond motifs is 1. The Morgan fingerprint density at radius 1 is 1.48 bits per heavy atom. The summed E-state index contributed by atoms with van der Waals surface area (Å²) in [5, 5.41) is 18.3. The third-order valence-electron chi connectivity index (χ3n) is 3.70. The quantitative estimate of drug-likeness (QED) is 0.570. The first-order valence-corrected chi connectivity index (χ1v) is 6.90. The second-order valence-corrected chi connectivity index (χ2v) is 5.07. The highest BCUT2D eigenvalue weighted by Crippen LogP contribution is 2.26. The van der Waals surface area contributed by atoms with Crippen molar-refractivity contribution in [3.63, 3.8) is 0 Å². The van der Waals surface area contributed by atoms with E-state index in [9.17, 15) is 5.11 Å². The van der Waals surface area contributed by atoms with Crippen molar-refractivity contribution in [3.05, 3.63) is 35.9 Å². The summed E-state index contributed by atoms with van der Waals surface area (Å²) in [7, 11) is 0. The second kappa shape index (κ2) is 5.67. The van der Waals surface area contributed by atoms with E-state index < -0.39 is 0 Å². The number of morpholine rings is 1. The molecule has 0 spiro atoms. The molecule has 1 unspecified atom stereocenters. The van der Waals surface area contributed by atoms with E-state index in [1.54, 1.807) is 0 Å². The number of amidine groups is 1. The molecule has 0 bridgehead atoms. The molecule has 0 saturated carbocycles. The average molecular weight is 286 g/mol. The number of aromatic nitrogens is 1. The van der Waals surface area contributed by atoms with Gasteiger partial charge in [-0.15, -0.1) is 0 Å². The Morgan fingerprint density at radius 3 is 3.05 bits per heavy atom. The monoisotopic (exact) mass is 286 g/mol. The van der Waals surface area contributed by atoms with Gasteiger partial charge in [0, 0.05) is 11.9 Å². The molecule has 110 valence electrons. The molecule has 0 radical (unpaired) electrons. The zero-order valence-electron chi connectivity index (χ0n) is 11.6. The predicted molar refractivity (Wildman–Crippen MR) is 81.8 cm³/mol. The Kier molecular flexibility index (Phi) is 3.72. The van der Waals surface area contributed by atoms with E-state index in [1.807, 2.05) is 35.2 Å². The van der Waals surface area contributed by atoms with Gasteiger partial charge in [0.1, 0.15) is 11.7 Å². The van der Waals surface area contributed by atoms with Crippen LogP contribution in [0.3, 0.4) is 0 Å². The van der Waals surface area contributed by atoms with E-state index in [0.29, 0.717) is 31.1 Å². The molecule has 1 aromatic carbocycles. The van der Waals surface area contributed by atoms with Gasteiger partial charge in [-0.3, -0.25) is 5.41 Å². The van der Waals surface area contributed by atoms with Crippen molar-refractivity contribution < 1.29 is 9.84 Å². The number of nitrogens with zero attached hydrogens (tertiary/aromatic N) is 2. The second-order valence-electron chi connectivity index (χ2n) is 5.07. The molecular formula is C15H18N4O2. The molecule has 1 saturated heterocycles. The van der Waals surface area contributed by atoms with Gasteiger partial charge in [-0.25, -0.2) is 4.98 Å². The predicted octanol–water partition coefficient (Wildman–Crippen LogP) is 0.716. The van der Waals surface area contributed by atoms with Gasteiger partial charge >= 0.3 is 0 Å². The summed E-state index contributed by atoms with van der Waals surface area (Å²) in [6.45, 7) is 1.62. The van der Waals surface area contributed by atoms with Crippen LogP contribution in [0.4, 0.5) is 5.82 Å². The number of nitrogens with two attached hydrogens (primary N) is 1. The minimum Gasteiger partial charge on any atom is -0.394 e. The molecule has 0 aliphatic carbocycles. The SMILES string of the molecule is N=C(N)c1cc2ccccc2nc1N1CCOCC1CO. The number of aliphatic hydroxyl groups is 1. The van der Waals surface area contributed by atoms with E-state index in [1.165, 1.54) is 0 Å². The Morgan fingerprint density at radius 2 is 2.29 bits per heavy atom. The van der Waals surface area contributed by atoms with Crippen LogP contribution in [0.25, 0.3) is 10.9 Å². The summed E-state index contributed by atoms with van der Waals surface area (Å²) < 4.78 is 5.40. The fraction of sp³-hybridized carbons (Fsp3) is 0.333. The number of rotatable bonds is 3. The van der Waals surface area contributed by atoms with E-state index in [-0.39, 0.29) is 18.5 Å². The lowest BCUT2D eigenvalue weighted by molar-refractivity contribution is 0.0723. The molecule has 6 nitrogen and oxygen atoms in total. The summed E-state index contributed by atoms with van der Waals surface area (Å²) in [6, 6.07) is 9.45. The first-order chi connectivity index (χ1) is 10.2. The average Bonchev–Trinajstić information content (AvgIpc) is 2.53. The lowest BCUT2D eigenvalue weighted by Crippen LogP contribution is -2.48. The van der Waals surface area contributed by atoms with Crippen LogP contribution in [0, 0.1) is 5.41 Å². The zero-order valence-corrected chi connectivity index (χ0v) is 11.6. The molecule has 4 N–H and O–H groups in total. The van der Waals surface area contributed by atoms with Crippen molar-refractivity contribution in [3.8, 4) is 0 Å². The number of ether oxygens (including phenoxy) is 1. The highest BCUT2D eigenvalue weighted by molar-refractivity contribution is 6.03. The van der Waals surface area contributed by atoms with Crippen molar-refractivity contribution in [2.24, 2.45) is 5.73 Å². The molecule has 2 heterocycles. The number of benzene rings is 1. The topological polar surface area (TPSA) is 95.5 Å². The first-order valence-electron chi connectivity index (χ1n) is 6.90. The van der Waals surface area contributed by atoms with Crippen LogP contribution in [0.2, 0.25) is 0 Å². The van der Waals surface area contributed by atoms with Gasteiger partial charge in [0.05, 0.1) is 36.9 Å². The maximum Gasteiger partial charge on any atom is 0.140 e. The summed E-state index contributed by atoms with van der Waals surface area (Å²) in [5.41, 5.74) is 7.16. The molecule has 3 rings (SSSR count). The Balaban J connectivity index is 2.14. The number of anilines is 1.